The lowest BCUT2D eigenvalue weighted by Crippen LogP contribution is -2.38. The summed E-state index contributed by atoms with van der Waals surface area (Å²) in [4.78, 5) is 24.2. The van der Waals surface area contributed by atoms with Crippen LogP contribution in [-0.4, -0.2) is 47.5 Å². The van der Waals surface area contributed by atoms with Gasteiger partial charge in [-0.1, -0.05) is 12.1 Å². The van der Waals surface area contributed by atoms with Gasteiger partial charge in [0, 0.05) is 43.7 Å². The van der Waals surface area contributed by atoms with Crippen molar-refractivity contribution in [2.45, 2.75) is 45.1 Å². The third-order valence-corrected chi connectivity index (χ3v) is 5.78. The van der Waals surface area contributed by atoms with Crippen LogP contribution < -0.4 is 10.1 Å². The summed E-state index contributed by atoms with van der Waals surface area (Å²) in [6, 6.07) is 5.93. The molecule has 1 saturated heterocycles. The molecule has 0 unspecified atom stereocenters. The summed E-state index contributed by atoms with van der Waals surface area (Å²) >= 11 is 0. The Bertz CT molecular complexity index is 862. The number of fused-ring (bicyclic) bond motifs is 1. The van der Waals surface area contributed by atoms with Crippen LogP contribution in [0.5, 0.6) is 5.75 Å². The summed E-state index contributed by atoms with van der Waals surface area (Å²) in [7, 11) is 1.66. The molecule has 2 aliphatic rings. The summed E-state index contributed by atoms with van der Waals surface area (Å²) < 4.78 is 5.30. The van der Waals surface area contributed by atoms with Crippen molar-refractivity contribution in [2.75, 3.05) is 26.7 Å². The van der Waals surface area contributed by atoms with Crippen molar-refractivity contribution >= 4 is 5.91 Å². The number of aromatic nitrogens is 2. The summed E-state index contributed by atoms with van der Waals surface area (Å²) in [5.74, 6) is 2.37. The first-order chi connectivity index (χ1) is 13.6. The van der Waals surface area contributed by atoms with Crippen molar-refractivity contribution in [1.82, 2.24) is 20.2 Å². The number of benzene rings is 1. The Labute approximate surface area is 166 Å². The SMILES string of the molecule is COc1ccc(CC(=O)N2CCc3nc([C@H]4CCCNC4)ncc3C2)cc1C. The van der Waals surface area contributed by atoms with Gasteiger partial charge in [0.15, 0.2) is 0 Å². The van der Waals surface area contributed by atoms with E-state index in [1.54, 1.807) is 7.11 Å². The van der Waals surface area contributed by atoms with Crippen LogP contribution in [0.15, 0.2) is 24.4 Å². The molecule has 1 N–H and O–H groups in total. The average Bonchev–Trinajstić information content (AvgIpc) is 2.73. The van der Waals surface area contributed by atoms with Crippen LogP contribution in [0.2, 0.25) is 0 Å². The molecule has 0 bridgehead atoms. The average molecular weight is 380 g/mol. The Morgan fingerprint density at radius 2 is 2.29 bits per heavy atom. The second-order valence-electron chi connectivity index (χ2n) is 7.79. The molecule has 2 aliphatic heterocycles. The highest BCUT2D eigenvalue weighted by Crippen LogP contribution is 2.24. The first-order valence-electron chi connectivity index (χ1n) is 10.1. The number of amides is 1. The quantitative estimate of drug-likeness (QED) is 0.882. The molecule has 148 valence electrons. The molecular weight excluding hydrogens is 352 g/mol. The normalized spacial score (nSPS) is 19.2. The van der Waals surface area contributed by atoms with Gasteiger partial charge in [-0.3, -0.25) is 4.79 Å². The maximum absolute atomic E-state index is 12.8. The van der Waals surface area contributed by atoms with Crippen LogP contribution in [0, 0.1) is 6.92 Å². The van der Waals surface area contributed by atoms with Gasteiger partial charge in [-0.15, -0.1) is 0 Å². The number of hydrogen-bond acceptors (Lipinski definition) is 5. The minimum Gasteiger partial charge on any atom is -0.496 e. The van der Waals surface area contributed by atoms with Gasteiger partial charge in [-0.25, -0.2) is 9.97 Å². The van der Waals surface area contributed by atoms with E-state index in [2.05, 4.69) is 10.3 Å². The molecule has 6 heteroatoms. The van der Waals surface area contributed by atoms with Gasteiger partial charge in [-0.2, -0.15) is 0 Å². The number of methoxy groups -OCH3 is 1. The fourth-order valence-electron chi connectivity index (χ4n) is 4.15. The molecule has 6 nitrogen and oxygen atoms in total. The standard InChI is InChI=1S/C22H28N4O2/c1-15-10-16(5-6-20(15)28-2)11-21(27)26-9-7-19-18(14-26)13-24-22(25-19)17-4-3-8-23-12-17/h5-6,10,13,17,23H,3-4,7-9,11-12,14H2,1-2H3/t17-/m0/s1. The van der Waals surface area contributed by atoms with Gasteiger partial charge in [0.25, 0.3) is 0 Å². The Kier molecular flexibility index (Phi) is 5.57. The first kappa shape index (κ1) is 18.9. The van der Waals surface area contributed by atoms with Crippen molar-refractivity contribution in [3.05, 3.63) is 52.6 Å². The van der Waals surface area contributed by atoms with Crippen molar-refractivity contribution in [3.8, 4) is 5.75 Å². The first-order valence-corrected chi connectivity index (χ1v) is 10.1. The summed E-state index contributed by atoms with van der Waals surface area (Å²) in [5.41, 5.74) is 4.26. The van der Waals surface area contributed by atoms with Gasteiger partial charge >= 0.3 is 0 Å². The van der Waals surface area contributed by atoms with Crippen molar-refractivity contribution in [2.24, 2.45) is 0 Å². The number of piperidine rings is 1. The fourth-order valence-corrected chi connectivity index (χ4v) is 4.15. The number of nitrogens with zero attached hydrogens (tertiary/aromatic N) is 3. The Hall–Kier alpha value is -2.47. The lowest BCUT2D eigenvalue weighted by atomic mass is 9.98. The molecular formula is C22H28N4O2. The zero-order valence-corrected chi connectivity index (χ0v) is 16.7. The van der Waals surface area contributed by atoms with Gasteiger partial charge < -0.3 is 15.0 Å². The molecule has 1 amide bonds. The van der Waals surface area contributed by atoms with Gasteiger partial charge in [0.2, 0.25) is 5.91 Å². The molecule has 0 aliphatic carbocycles. The van der Waals surface area contributed by atoms with Gasteiger partial charge in [0.05, 0.1) is 19.2 Å². The molecule has 3 heterocycles. The zero-order valence-electron chi connectivity index (χ0n) is 16.7. The second-order valence-corrected chi connectivity index (χ2v) is 7.79. The second kappa shape index (κ2) is 8.27. The van der Waals surface area contributed by atoms with Crippen molar-refractivity contribution < 1.29 is 9.53 Å². The molecule has 28 heavy (non-hydrogen) atoms. The van der Waals surface area contributed by atoms with E-state index in [0.717, 1.165) is 66.4 Å². The highest BCUT2D eigenvalue weighted by atomic mass is 16.5. The van der Waals surface area contributed by atoms with E-state index in [1.165, 1.54) is 6.42 Å². The van der Waals surface area contributed by atoms with E-state index in [0.29, 0.717) is 18.9 Å². The number of hydrogen-bond donors (Lipinski definition) is 1. The predicted octanol–water partition coefficient (Wildman–Crippen LogP) is 2.39. The zero-order chi connectivity index (χ0) is 19.5. The van der Waals surface area contributed by atoms with Crippen LogP contribution in [0.4, 0.5) is 0 Å². The molecule has 2 aromatic rings. The Morgan fingerprint density at radius 1 is 1.39 bits per heavy atom. The van der Waals surface area contributed by atoms with E-state index in [1.807, 2.05) is 36.2 Å². The maximum atomic E-state index is 12.8. The molecule has 1 aromatic heterocycles. The molecule has 0 radical (unpaired) electrons. The predicted molar refractivity (Wildman–Crippen MR) is 107 cm³/mol. The minimum absolute atomic E-state index is 0.149. The van der Waals surface area contributed by atoms with E-state index in [-0.39, 0.29) is 5.91 Å². The molecule has 0 spiro atoms. The number of carbonyl (C=O) groups excluding carboxylic acids is 1. The third kappa shape index (κ3) is 4.02. The number of rotatable bonds is 4. The van der Waals surface area contributed by atoms with Gasteiger partial charge in [0.1, 0.15) is 11.6 Å². The Balaban J connectivity index is 1.42. The molecule has 1 atom stereocenters. The number of aryl methyl sites for hydroxylation is 1. The minimum atomic E-state index is 0.149. The smallest absolute Gasteiger partial charge is 0.227 e. The summed E-state index contributed by atoms with van der Waals surface area (Å²) in [5, 5.41) is 3.43. The topological polar surface area (TPSA) is 67.3 Å². The van der Waals surface area contributed by atoms with E-state index >= 15 is 0 Å². The lowest BCUT2D eigenvalue weighted by molar-refractivity contribution is -0.131. The molecule has 1 fully saturated rings. The molecule has 0 saturated carbocycles. The molecule has 1 aromatic carbocycles. The summed E-state index contributed by atoms with van der Waals surface area (Å²) in [6.45, 7) is 5.38. The van der Waals surface area contributed by atoms with Crippen LogP contribution in [-0.2, 0) is 24.2 Å². The van der Waals surface area contributed by atoms with Crippen LogP contribution in [0.1, 0.15) is 47.0 Å². The van der Waals surface area contributed by atoms with E-state index in [4.69, 9.17) is 9.72 Å². The number of ether oxygens (including phenoxy) is 1. The van der Waals surface area contributed by atoms with Crippen LogP contribution >= 0.6 is 0 Å². The van der Waals surface area contributed by atoms with Gasteiger partial charge in [-0.05, 0) is 43.5 Å². The summed E-state index contributed by atoms with van der Waals surface area (Å²) in [6.07, 6.45) is 5.48. The lowest BCUT2D eigenvalue weighted by Gasteiger charge is -2.29. The van der Waals surface area contributed by atoms with Crippen LogP contribution in [0.25, 0.3) is 0 Å². The largest absolute Gasteiger partial charge is 0.496 e. The van der Waals surface area contributed by atoms with Crippen molar-refractivity contribution in [3.63, 3.8) is 0 Å². The highest BCUT2D eigenvalue weighted by Gasteiger charge is 2.24. The number of nitrogens with one attached hydrogen (secondary N) is 1. The van der Waals surface area contributed by atoms with E-state index < -0.39 is 0 Å². The van der Waals surface area contributed by atoms with Crippen molar-refractivity contribution in [1.29, 1.82) is 0 Å². The monoisotopic (exact) mass is 380 g/mol. The highest BCUT2D eigenvalue weighted by molar-refractivity contribution is 5.79. The molecule has 4 rings (SSSR count). The van der Waals surface area contributed by atoms with Crippen LogP contribution in [0.3, 0.4) is 0 Å². The number of carbonyl (C=O) groups is 1. The maximum Gasteiger partial charge on any atom is 0.227 e. The fraction of sp³-hybridized carbons (Fsp3) is 0.500. The third-order valence-electron chi connectivity index (χ3n) is 5.78. The Morgan fingerprint density at radius 3 is 3.04 bits per heavy atom. The van der Waals surface area contributed by atoms with E-state index in [9.17, 15) is 4.79 Å².